The van der Waals surface area contributed by atoms with Gasteiger partial charge in [-0.25, -0.2) is 8.42 Å². The lowest BCUT2D eigenvalue weighted by Gasteiger charge is -2.14. The number of hydrogen-bond acceptors (Lipinski definition) is 4. The van der Waals surface area contributed by atoms with Crippen LogP contribution in [-0.2, 0) is 10.0 Å². The highest BCUT2D eigenvalue weighted by molar-refractivity contribution is 9.10. The number of methoxy groups -OCH3 is 2. The lowest BCUT2D eigenvalue weighted by molar-refractivity contribution is 0.396. The molecule has 0 heterocycles. The van der Waals surface area contributed by atoms with Gasteiger partial charge in [-0.1, -0.05) is 27.5 Å². The van der Waals surface area contributed by atoms with Crippen molar-refractivity contribution in [1.82, 2.24) is 0 Å². The highest BCUT2D eigenvalue weighted by Gasteiger charge is 2.18. The van der Waals surface area contributed by atoms with Crippen LogP contribution in [0.5, 0.6) is 11.5 Å². The largest absolute Gasteiger partial charge is 0.495 e. The van der Waals surface area contributed by atoms with Crippen LogP contribution in [0, 0.1) is 0 Å². The van der Waals surface area contributed by atoms with E-state index in [0.29, 0.717) is 11.5 Å². The fourth-order valence-corrected chi connectivity index (χ4v) is 3.32. The molecule has 2 rings (SSSR count). The van der Waals surface area contributed by atoms with Crippen LogP contribution in [0.2, 0.25) is 5.02 Å². The Balaban J connectivity index is 2.41. The maximum Gasteiger partial charge on any atom is 0.262 e. The lowest BCUT2D eigenvalue weighted by atomic mass is 10.3. The minimum Gasteiger partial charge on any atom is -0.495 e. The third-order valence-corrected chi connectivity index (χ3v) is 5.05. The summed E-state index contributed by atoms with van der Waals surface area (Å²) in [5, 5.41) is 0.275. The first-order valence-electron chi connectivity index (χ1n) is 6.07. The van der Waals surface area contributed by atoms with Gasteiger partial charge in [-0.05, 0) is 30.3 Å². The molecule has 1 N–H and O–H groups in total. The van der Waals surface area contributed by atoms with Crippen molar-refractivity contribution in [2.24, 2.45) is 0 Å². The molecule has 2 aromatic rings. The van der Waals surface area contributed by atoms with Gasteiger partial charge in [0.15, 0.2) is 0 Å². The molecule has 0 saturated carbocycles. The number of sulfonamides is 1. The summed E-state index contributed by atoms with van der Waals surface area (Å²) in [6, 6.07) is 9.23. The molecule has 0 unspecified atom stereocenters. The quantitative estimate of drug-likeness (QED) is 0.817. The molecule has 8 heteroatoms. The van der Waals surface area contributed by atoms with Gasteiger partial charge in [-0.3, -0.25) is 4.72 Å². The highest BCUT2D eigenvalue weighted by Crippen LogP contribution is 2.36. The van der Waals surface area contributed by atoms with E-state index in [1.165, 1.54) is 38.5 Å². The number of hydrogen-bond donors (Lipinski definition) is 1. The van der Waals surface area contributed by atoms with Crippen molar-refractivity contribution in [3.63, 3.8) is 0 Å². The molecule has 0 bridgehead atoms. The van der Waals surface area contributed by atoms with E-state index in [9.17, 15) is 8.42 Å². The number of ether oxygens (including phenoxy) is 2. The van der Waals surface area contributed by atoms with E-state index in [1.54, 1.807) is 12.1 Å². The van der Waals surface area contributed by atoms with Crippen LogP contribution < -0.4 is 14.2 Å². The van der Waals surface area contributed by atoms with E-state index in [4.69, 9.17) is 21.1 Å². The molecule has 0 radical (unpaired) electrons. The van der Waals surface area contributed by atoms with Gasteiger partial charge in [0.1, 0.15) is 11.5 Å². The van der Waals surface area contributed by atoms with Crippen molar-refractivity contribution in [3.05, 3.63) is 45.9 Å². The third kappa shape index (κ3) is 3.66. The molecule has 22 heavy (non-hydrogen) atoms. The Kier molecular flexibility index (Phi) is 5.20. The molecule has 2 aromatic carbocycles. The summed E-state index contributed by atoms with van der Waals surface area (Å²) < 4.78 is 38.3. The summed E-state index contributed by atoms with van der Waals surface area (Å²) in [4.78, 5) is 0.129. The number of halogens is 2. The van der Waals surface area contributed by atoms with Crippen LogP contribution in [0.15, 0.2) is 45.8 Å². The molecule has 0 amide bonds. The first kappa shape index (κ1) is 16.9. The Hall–Kier alpha value is -1.44. The monoisotopic (exact) mass is 405 g/mol. The van der Waals surface area contributed by atoms with Crippen LogP contribution in [0.1, 0.15) is 0 Å². The summed E-state index contributed by atoms with van der Waals surface area (Å²) in [6.45, 7) is 0. The van der Waals surface area contributed by atoms with E-state index < -0.39 is 10.0 Å². The maximum atomic E-state index is 12.4. The van der Waals surface area contributed by atoms with E-state index in [2.05, 4.69) is 20.7 Å². The molecule has 0 aromatic heterocycles. The van der Waals surface area contributed by atoms with Crippen molar-refractivity contribution < 1.29 is 17.9 Å². The topological polar surface area (TPSA) is 64.6 Å². The summed E-state index contributed by atoms with van der Waals surface area (Å²) in [6.07, 6.45) is 0. The van der Waals surface area contributed by atoms with E-state index in [1.807, 2.05) is 0 Å². The fourth-order valence-electron chi connectivity index (χ4n) is 1.76. The summed E-state index contributed by atoms with van der Waals surface area (Å²) in [7, 11) is -0.854. The van der Waals surface area contributed by atoms with E-state index in [0.717, 1.165) is 4.47 Å². The second-order valence-electron chi connectivity index (χ2n) is 4.25. The van der Waals surface area contributed by atoms with Gasteiger partial charge in [0.05, 0.1) is 29.8 Å². The molecule has 118 valence electrons. The second-order valence-corrected chi connectivity index (χ2v) is 7.25. The van der Waals surface area contributed by atoms with Crippen molar-refractivity contribution in [2.45, 2.75) is 4.90 Å². The fraction of sp³-hybridized carbons (Fsp3) is 0.143. The molecule has 0 fully saturated rings. The molecule has 0 saturated heterocycles. The van der Waals surface area contributed by atoms with E-state index in [-0.39, 0.29) is 15.6 Å². The number of anilines is 1. The normalized spacial score (nSPS) is 11.1. The van der Waals surface area contributed by atoms with Gasteiger partial charge in [0.25, 0.3) is 10.0 Å². The van der Waals surface area contributed by atoms with Gasteiger partial charge in [-0.15, -0.1) is 0 Å². The number of nitrogens with one attached hydrogen (secondary N) is 1. The summed E-state index contributed by atoms with van der Waals surface area (Å²) in [5.74, 6) is 0.701. The highest BCUT2D eigenvalue weighted by atomic mass is 79.9. The predicted octanol–water partition coefficient (Wildman–Crippen LogP) is 3.92. The minimum atomic E-state index is -3.75. The average molecular weight is 407 g/mol. The van der Waals surface area contributed by atoms with E-state index >= 15 is 0 Å². The number of rotatable bonds is 5. The lowest BCUT2D eigenvalue weighted by Crippen LogP contribution is -2.13. The van der Waals surface area contributed by atoms with Gasteiger partial charge >= 0.3 is 0 Å². The van der Waals surface area contributed by atoms with Crippen LogP contribution >= 0.6 is 27.5 Å². The van der Waals surface area contributed by atoms with Crippen LogP contribution in [-0.4, -0.2) is 22.6 Å². The zero-order valence-corrected chi connectivity index (χ0v) is 14.9. The van der Waals surface area contributed by atoms with Crippen molar-refractivity contribution in [3.8, 4) is 11.5 Å². The summed E-state index contributed by atoms with van der Waals surface area (Å²) in [5.41, 5.74) is 0.233. The molecule has 0 aliphatic rings. The molecule has 0 aliphatic heterocycles. The Morgan fingerprint density at radius 2 is 1.64 bits per heavy atom. The molecule has 5 nitrogen and oxygen atoms in total. The van der Waals surface area contributed by atoms with Gasteiger partial charge in [0, 0.05) is 10.5 Å². The molecular formula is C14H13BrClNO4S. The predicted molar refractivity (Wildman–Crippen MR) is 89.5 cm³/mol. The van der Waals surface area contributed by atoms with Crippen LogP contribution in [0.3, 0.4) is 0 Å². The van der Waals surface area contributed by atoms with Gasteiger partial charge in [-0.2, -0.15) is 0 Å². The molecule has 0 atom stereocenters. The molecular weight excluding hydrogens is 394 g/mol. The average Bonchev–Trinajstić information content (AvgIpc) is 2.47. The SMILES string of the molecule is COc1cc(OC)c(NS(=O)(=O)c2ccc(Br)cc2)cc1Cl. The van der Waals surface area contributed by atoms with Crippen molar-refractivity contribution in [2.75, 3.05) is 18.9 Å². The smallest absolute Gasteiger partial charge is 0.262 e. The Labute approximate surface area is 142 Å². The van der Waals surface area contributed by atoms with Crippen LogP contribution in [0.25, 0.3) is 0 Å². The Morgan fingerprint density at radius 3 is 2.18 bits per heavy atom. The molecule has 0 spiro atoms. The van der Waals surface area contributed by atoms with Gasteiger partial charge in [0.2, 0.25) is 0 Å². The van der Waals surface area contributed by atoms with Crippen molar-refractivity contribution >= 4 is 43.2 Å². The maximum absolute atomic E-state index is 12.4. The zero-order valence-electron chi connectivity index (χ0n) is 11.8. The second kappa shape index (κ2) is 6.76. The standard InChI is InChI=1S/C14H13BrClNO4S/c1-20-13-8-14(21-2)12(7-11(13)16)17-22(18,19)10-5-3-9(15)4-6-10/h3-8,17H,1-2H3. The number of benzene rings is 2. The Morgan fingerprint density at radius 1 is 1.05 bits per heavy atom. The summed E-state index contributed by atoms with van der Waals surface area (Å²) >= 11 is 9.29. The first-order valence-corrected chi connectivity index (χ1v) is 8.72. The van der Waals surface area contributed by atoms with Crippen molar-refractivity contribution in [1.29, 1.82) is 0 Å². The minimum absolute atomic E-state index is 0.129. The van der Waals surface area contributed by atoms with Gasteiger partial charge < -0.3 is 9.47 Å². The third-order valence-electron chi connectivity index (χ3n) is 2.84. The van der Waals surface area contributed by atoms with Crippen LogP contribution in [0.4, 0.5) is 5.69 Å². The zero-order chi connectivity index (χ0) is 16.3. The first-order chi connectivity index (χ1) is 10.4. The Bertz CT molecular complexity index is 778. The molecule has 0 aliphatic carbocycles.